The fourth-order valence-corrected chi connectivity index (χ4v) is 3.56. The van der Waals surface area contributed by atoms with Crippen molar-refractivity contribution in [3.8, 4) is 5.88 Å². The minimum absolute atomic E-state index is 0.0268. The molecule has 3 atom stereocenters. The molecule has 2 aromatic heterocycles. The first kappa shape index (κ1) is 29.8. The summed E-state index contributed by atoms with van der Waals surface area (Å²) in [7, 11) is 0. The molecule has 0 unspecified atom stereocenters. The maximum Gasteiger partial charge on any atom is 0.490 e. The van der Waals surface area contributed by atoms with Crippen LogP contribution in [0.25, 0.3) is 0 Å². The van der Waals surface area contributed by atoms with Gasteiger partial charge in [-0.15, -0.1) is 0 Å². The molecule has 0 aromatic carbocycles. The number of likely N-dealkylation sites (tertiary alicyclic amines) is 1. The molecule has 2 saturated heterocycles. The van der Waals surface area contributed by atoms with Gasteiger partial charge < -0.3 is 19.7 Å². The monoisotopic (exact) mass is 539 g/mol. The summed E-state index contributed by atoms with van der Waals surface area (Å²) in [6, 6.07) is 12.2. The van der Waals surface area contributed by atoms with E-state index in [0.717, 1.165) is 38.2 Å². The number of hydrogen-bond donors (Lipinski definition) is 2. The number of nitrogens with zero attached hydrogens (tertiary/aromatic N) is 3. The molecule has 0 aliphatic carbocycles. The summed E-state index contributed by atoms with van der Waals surface area (Å²) in [5, 5.41) is 14.2. The van der Waals surface area contributed by atoms with E-state index in [1.165, 1.54) is 0 Å². The van der Waals surface area contributed by atoms with E-state index in [2.05, 4.69) is 20.9 Å². The number of ether oxygens (including phenoxy) is 2. The van der Waals surface area contributed by atoms with Crippen LogP contribution in [0.2, 0.25) is 0 Å². The van der Waals surface area contributed by atoms with Gasteiger partial charge in [-0.25, -0.2) is 14.6 Å². The first-order valence-electron chi connectivity index (χ1n) is 10.7. The molecule has 2 aromatic rings. The Morgan fingerprint density at radius 1 is 0.973 bits per heavy atom. The molecule has 2 aliphatic rings. The van der Waals surface area contributed by atoms with Gasteiger partial charge in [0.25, 0.3) is 0 Å². The number of carboxylic acids is 2. The fraction of sp³-hybridized carbons (Fsp3) is 0.455. The standard InChI is InChI=1S/C18H21N3O2.2C2HF3O2/c1-3-9-19-14(6-1)12-21-13-16(18-15(21)7-5-11-22-18)23-17-8-2-4-10-20-17;2*3-2(4,5)1(6)7/h1-4,6,8-10,15-16,18H,5,7,11-13H2;2*(H,6,7)/t15-,16+,18+;;/m1../s1. The number of carboxylic acid groups (broad SMARTS) is 2. The van der Waals surface area contributed by atoms with Gasteiger partial charge in [-0.2, -0.15) is 26.3 Å². The highest BCUT2D eigenvalue weighted by Gasteiger charge is 2.45. The summed E-state index contributed by atoms with van der Waals surface area (Å²) in [5.41, 5.74) is 1.09. The lowest BCUT2D eigenvalue weighted by Crippen LogP contribution is -2.42. The summed E-state index contributed by atoms with van der Waals surface area (Å²) < 4.78 is 75.6. The molecular weight excluding hydrogens is 516 g/mol. The summed E-state index contributed by atoms with van der Waals surface area (Å²) in [5.74, 6) is -4.84. The zero-order valence-electron chi connectivity index (χ0n) is 19.0. The lowest BCUT2D eigenvalue weighted by Gasteiger charge is -2.32. The number of pyridine rings is 2. The van der Waals surface area contributed by atoms with Crippen molar-refractivity contribution in [1.82, 2.24) is 14.9 Å². The Hall–Kier alpha value is -3.46. The smallest absolute Gasteiger partial charge is 0.475 e. The van der Waals surface area contributed by atoms with E-state index in [4.69, 9.17) is 29.3 Å². The van der Waals surface area contributed by atoms with Crippen LogP contribution in [0, 0.1) is 0 Å². The average molecular weight is 539 g/mol. The molecule has 4 rings (SSSR count). The van der Waals surface area contributed by atoms with Crippen LogP contribution in [0.3, 0.4) is 0 Å². The number of aliphatic carboxylic acids is 2. The summed E-state index contributed by atoms with van der Waals surface area (Å²) in [6.07, 6.45) is -4.15. The third-order valence-corrected chi connectivity index (χ3v) is 5.07. The van der Waals surface area contributed by atoms with Gasteiger partial charge in [-0.05, 0) is 31.0 Å². The van der Waals surface area contributed by atoms with Crippen LogP contribution >= 0.6 is 0 Å². The molecule has 2 N–H and O–H groups in total. The van der Waals surface area contributed by atoms with Crippen LogP contribution in [-0.2, 0) is 20.9 Å². The third-order valence-electron chi connectivity index (χ3n) is 5.07. The first-order chi connectivity index (χ1) is 17.3. The van der Waals surface area contributed by atoms with Crippen molar-refractivity contribution in [2.75, 3.05) is 13.2 Å². The minimum atomic E-state index is -5.08. The van der Waals surface area contributed by atoms with E-state index >= 15 is 0 Å². The third kappa shape index (κ3) is 9.84. The van der Waals surface area contributed by atoms with Gasteiger partial charge in [0, 0.05) is 44.2 Å². The van der Waals surface area contributed by atoms with E-state index in [9.17, 15) is 26.3 Å². The van der Waals surface area contributed by atoms with Crippen LogP contribution in [0.4, 0.5) is 26.3 Å². The van der Waals surface area contributed by atoms with Crippen molar-refractivity contribution in [1.29, 1.82) is 0 Å². The van der Waals surface area contributed by atoms with Gasteiger partial charge in [-0.1, -0.05) is 12.1 Å². The molecule has 2 aliphatic heterocycles. The highest BCUT2D eigenvalue weighted by molar-refractivity contribution is 5.73. The lowest BCUT2D eigenvalue weighted by atomic mass is 10.0. The van der Waals surface area contributed by atoms with E-state index in [1.54, 1.807) is 6.20 Å². The lowest BCUT2D eigenvalue weighted by molar-refractivity contribution is -0.193. The predicted octanol–water partition coefficient (Wildman–Crippen LogP) is 3.55. The fourth-order valence-electron chi connectivity index (χ4n) is 3.56. The van der Waals surface area contributed by atoms with Crippen LogP contribution < -0.4 is 4.74 Å². The molecule has 4 heterocycles. The molecule has 0 spiro atoms. The number of alkyl halides is 6. The van der Waals surface area contributed by atoms with Crippen molar-refractivity contribution >= 4 is 11.9 Å². The molecular formula is C22H23F6N3O6. The SMILES string of the molecule is O=C(O)C(F)(F)F.O=C(O)C(F)(F)F.c1ccc(CN2C[C@H](Oc3ccccn3)[C@H]3OCCC[C@H]32)nc1. The number of rotatable bonds is 4. The van der Waals surface area contributed by atoms with Crippen LogP contribution in [0.15, 0.2) is 48.8 Å². The summed E-state index contributed by atoms with van der Waals surface area (Å²) in [4.78, 5) is 29.0. The Balaban J connectivity index is 0.000000286. The molecule has 2 fully saturated rings. The topological polar surface area (TPSA) is 122 Å². The second kappa shape index (κ2) is 13.2. The van der Waals surface area contributed by atoms with E-state index in [-0.39, 0.29) is 12.2 Å². The minimum Gasteiger partial charge on any atom is -0.475 e. The van der Waals surface area contributed by atoms with Crippen LogP contribution in [0.5, 0.6) is 5.88 Å². The number of fused-ring (bicyclic) bond motifs is 1. The van der Waals surface area contributed by atoms with Crippen molar-refractivity contribution in [2.45, 2.75) is 50.0 Å². The Morgan fingerprint density at radius 3 is 2.03 bits per heavy atom. The maximum absolute atomic E-state index is 10.6. The van der Waals surface area contributed by atoms with Gasteiger partial charge in [0.1, 0.15) is 12.2 Å². The Kier molecular flexibility index (Phi) is 10.6. The Bertz CT molecular complexity index is 914. The largest absolute Gasteiger partial charge is 0.490 e. The first-order valence-corrected chi connectivity index (χ1v) is 10.7. The number of halogens is 6. The Labute approximate surface area is 206 Å². The number of carbonyl (C=O) groups is 2. The van der Waals surface area contributed by atoms with Gasteiger partial charge in [0.15, 0.2) is 0 Å². The quantitative estimate of drug-likeness (QED) is 0.562. The highest BCUT2D eigenvalue weighted by Crippen LogP contribution is 2.32. The normalized spacial score (nSPS) is 21.4. The summed E-state index contributed by atoms with van der Waals surface area (Å²) in [6.45, 7) is 2.51. The summed E-state index contributed by atoms with van der Waals surface area (Å²) >= 11 is 0. The van der Waals surface area contributed by atoms with Crippen molar-refractivity contribution in [3.05, 3.63) is 54.5 Å². The number of hydrogen-bond acceptors (Lipinski definition) is 7. The van der Waals surface area contributed by atoms with Gasteiger partial charge >= 0.3 is 24.3 Å². The predicted molar refractivity (Wildman–Crippen MR) is 113 cm³/mol. The van der Waals surface area contributed by atoms with Crippen LogP contribution in [-0.4, -0.2) is 80.8 Å². The van der Waals surface area contributed by atoms with E-state index in [1.807, 2.05) is 36.5 Å². The number of aromatic nitrogens is 2. The zero-order valence-corrected chi connectivity index (χ0v) is 19.0. The van der Waals surface area contributed by atoms with Gasteiger partial charge in [0.05, 0.1) is 5.69 Å². The van der Waals surface area contributed by atoms with E-state index in [0.29, 0.717) is 11.9 Å². The van der Waals surface area contributed by atoms with Crippen molar-refractivity contribution in [2.24, 2.45) is 0 Å². The maximum atomic E-state index is 10.6. The molecule has 9 nitrogen and oxygen atoms in total. The molecule has 0 amide bonds. The average Bonchev–Trinajstić information content (AvgIpc) is 3.17. The molecule has 204 valence electrons. The molecule has 0 saturated carbocycles. The van der Waals surface area contributed by atoms with Crippen molar-refractivity contribution in [3.63, 3.8) is 0 Å². The Morgan fingerprint density at radius 2 is 1.54 bits per heavy atom. The molecule has 37 heavy (non-hydrogen) atoms. The van der Waals surface area contributed by atoms with Crippen molar-refractivity contribution < 1.29 is 55.6 Å². The second-order valence-corrected chi connectivity index (χ2v) is 7.73. The molecule has 0 bridgehead atoms. The highest BCUT2D eigenvalue weighted by atomic mass is 19.4. The van der Waals surface area contributed by atoms with Gasteiger partial charge in [-0.3, -0.25) is 9.88 Å². The van der Waals surface area contributed by atoms with E-state index < -0.39 is 24.3 Å². The second-order valence-electron chi connectivity index (χ2n) is 7.73. The molecule has 15 heteroatoms. The van der Waals surface area contributed by atoms with Gasteiger partial charge in [0.2, 0.25) is 5.88 Å². The molecule has 0 radical (unpaired) electrons. The zero-order chi connectivity index (χ0) is 27.6. The van der Waals surface area contributed by atoms with Crippen LogP contribution in [0.1, 0.15) is 18.5 Å².